The van der Waals surface area contributed by atoms with Crippen molar-refractivity contribution in [2.75, 3.05) is 49.2 Å². The predicted octanol–water partition coefficient (Wildman–Crippen LogP) is 2.34. The lowest BCUT2D eigenvalue weighted by Crippen LogP contribution is -2.38. The molecule has 0 radical (unpaired) electrons. The topological polar surface area (TPSA) is 80.4 Å². The molecule has 0 bridgehead atoms. The van der Waals surface area contributed by atoms with E-state index in [0.29, 0.717) is 44.0 Å². The van der Waals surface area contributed by atoms with E-state index in [2.05, 4.69) is 38.9 Å². The van der Waals surface area contributed by atoms with Crippen molar-refractivity contribution in [3.8, 4) is 0 Å². The van der Waals surface area contributed by atoms with Crippen molar-refractivity contribution in [1.82, 2.24) is 20.1 Å². The number of rotatable bonds is 4. The summed E-state index contributed by atoms with van der Waals surface area (Å²) in [5.41, 5.74) is 0. The van der Waals surface area contributed by atoms with Gasteiger partial charge in [0.1, 0.15) is 0 Å². The summed E-state index contributed by atoms with van der Waals surface area (Å²) >= 11 is 0. The zero-order chi connectivity index (χ0) is 18.8. The molecule has 2 aromatic rings. The zero-order valence-corrected chi connectivity index (χ0v) is 15.8. The molecule has 2 aliphatic heterocycles. The SMILES string of the molecule is CC(C)c1noc(C2CCN(c3ncc(F)c(N4CCOCC4)n3)CC2)n1. The van der Waals surface area contributed by atoms with Gasteiger partial charge in [-0.2, -0.15) is 9.97 Å². The van der Waals surface area contributed by atoms with Crippen LogP contribution >= 0.6 is 0 Å². The maximum atomic E-state index is 14.2. The summed E-state index contributed by atoms with van der Waals surface area (Å²) in [6, 6.07) is 0. The highest BCUT2D eigenvalue weighted by Crippen LogP contribution is 2.30. The van der Waals surface area contributed by atoms with Crippen LogP contribution in [0.1, 0.15) is 50.2 Å². The first kappa shape index (κ1) is 18.1. The van der Waals surface area contributed by atoms with E-state index in [1.807, 2.05) is 4.90 Å². The van der Waals surface area contributed by atoms with E-state index in [1.165, 1.54) is 6.20 Å². The van der Waals surface area contributed by atoms with Gasteiger partial charge in [0.2, 0.25) is 11.8 Å². The number of aromatic nitrogens is 4. The van der Waals surface area contributed by atoms with Crippen LogP contribution in [0.15, 0.2) is 10.7 Å². The van der Waals surface area contributed by atoms with Crippen LogP contribution in [0.3, 0.4) is 0 Å². The van der Waals surface area contributed by atoms with Gasteiger partial charge in [-0.05, 0) is 12.8 Å². The monoisotopic (exact) mass is 376 g/mol. The van der Waals surface area contributed by atoms with Crippen LogP contribution in [-0.2, 0) is 4.74 Å². The summed E-state index contributed by atoms with van der Waals surface area (Å²) in [4.78, 5) is 17.3. The van der Waals surface area contributed by atoms with Gasteiger partial charge in [-0.1, -0.05) is 19.0 Å². The van der Waals surface area contributed by atoms with Crippen LogP contribution in [0.5, 0.6) is 0 Å². The Hall–Kier alpha value is -2.29. The molecule has 0 amide bonds. The molecule has 4 heterocycles. The lowest BCUT2D eigenvalue weighted by atomic mass is 9.97. The average Bonchev–Trinajstić information content (AvgIpc) is 3.20. The Kier molecular flexibility index (Phi) is 5.20. The van der Waals surface area contributed by atoms with Crippen molar-refractivity contribution >= 4 is 11.8 Å². The van der Waals surface area contributed by atoms with E-state index in [4.69, 9.17) is 9.26 Å². The Bertz CT molecular complexity index is 769. The highest BCUT2D eigenvalue weighted by atomic mass is 19.1. The van der Waals surface area contributed by atoms with Crippen LogP contribution < -0.4 is 9.80 Å². The van der Waals surface area contributed by atoms with Gasteiger partial charge < -0.3 is 19.1 Å². The fourth-order valence-corrected chi connectivity index (χ4v) is 3.47. The van der Waals surface area contributed by atoms with Crippen molar-refractivity contribution < 1.29 is 13.7 Å². The van der Waals surface area contributed by atoms with Crippen LogP contribution in [0.4, 0.5) is 16.2 Å². The standard InChI is InChI=1S/C18H25FN6O2/c1-12(2)15-21-17(27-23-15)13-3-5-25(6-4-13)18-20-11-14(19)16(22-18)24-7-9-26-10-8-24/h11-13H,3-10H2,1-2H3. The van der Waals surface area contributed by atoms with E-state index in [-0.39, 0.29) is 17.7 Å². The maximum Gasteiger partial charge on any atom is 0.229 e. The van der Waals surface area contributed by atoms with Gasteiger partial charge in [-0.3, -0.25) is 0 Å². The minimum Gasteiger partial charge on any atom is -0.378 e. The highest BCUT2D eigenvalue weighted by molar-refractivity contribution is 5.45. The molecule has 0 atom stereocenters. The van der Waals surface area contributed by atoms with Crippen molar-refractivity contribution in [1.29, 1.82) is 0 Å². The summed E-state index contributed by atoms with van der Waals surface area (Å²) in [6.45, 7) is 8.12. The van der Waals surface area contributed by atoms with E-state index >= 15 is 0 Å². The quantitative estimate of drug-likeness (QED) is 0.804. The molecule has 0 aliphatic carbocycles. The molecule has 27 heavy (non-hydrogen) atoms. The first-order valence-electron chi connectivity index (χ1n) is 9.55. The molecule has 4 rings (SSSR count). The van der Waals surface area contributed by atoms with Crippen LogP contribution in [0, 0.1) is 5.82 Å². The van der Waals surface area contributed by atoms with Gasteiger partial charge in [0.05, 0.1) is 19.4 Å². The third kappa shape index (κ3) is 3.87. The first-order chi connectivity index (χ1) is 13.1. The summed E-state index contributed by atoms with van der Waals surface area (Å²) in [7, 11) is 0. The third-order valence-electron chi connectivity index (χ3n) is 5.12. The molecule has 0 aromatic carbocycles. The molecular formula is C18H25FN6O2. The number of morpholine rings is 1. The Labute approximate surface area is 157 Å². The molecule has 2 fully saturated rings. The smallest absolute Gasteiger partial charge is 0.229 e. The molecule has 8 nitrogen and oxygen atoms in total. The van der Waals surface area contributed by atoms with Gasteiger partial charge in [-0.15, -0.1) is 0 Å². The van der Waals surface area contributed by atoms with Crippen molar-refractivity contribution in [2.45, 2.75) is 38.5 Å². The van der Waals surface area contributed by atoms with Crippen LogP contribution in [0.2, 0.25) is 0 Å². The minimum atomic E-state index is -0.386. The Morgan fingerprint density at radius 1 is 1.07 bits per heavy atom. The molecule has 0 unspecified atom stereocenters. The third-order valence-corrected chi connectivity index (χ3v) is 5.12. The molecule has 9 heteroatoms. The maximum absolute atomic E-state index is 14.2. The van der Waals surface area contributed by atoms with Gasteiger partial charge in [0.25, 0.3) is 0 Å². The summed E-state index contributed by atoms with van der Waals surface area (Å²) in [5, 5.41) is 4.06. The molecule has 2 aromatic heterocycles. The minimum absolute atomic E-state index is 0.250. The van der Waals surface area contributed by atoms with Gasteiger partial charge in [0.15, 0.2) is 17.5 Å². The molecule has 2 aliphatic rings. The lowest BCUT2D eigenvalue weighted by molar-refractivity contribution is 0.122. The second kappa shape index (κ2) is 7.75. The second-order valence-electron chi connectivity index (χ2n) is 7.35. The van der Waals surface area contributed by atoms with Gasteiger partial charge in [0, 0.05) is 38.0 Å². The van der Waals surface area contributed by atoms with Gasteiger partial charge in [-0.25, -0.2) is 9.37 Å². The van der Waals surface area contributed by atoms with E-state index < -0.39 is 0 Å². The molecule has 0 spiro atoms. The number of ether oxygens (including phenoxy) is 1. The number of anilines is 2. The molecular weight excluding hydrogens is 351 g/mol. The van der Waals surface area contributed by atoms with Crippen molar-refractivity contribution in [3.05, 3.63) is 23.7 Å². The van der Waals surface area contributed by atoms with Crippen molar-refractivity contribution in [3.63, 3.8) is 0 Å². The summed E-state index contributed by atoms with van der Waals surface area (Å²) < 4.78 is 25.0. The predicted molar refractivity (Wildman–Crippen MR) is 97.6 cm³/mol. The number of halogens is 1. The first-order valence-corrected chi connectivity index (χ1v) is 9.55. The molecule has 2 saturated heterocycles. The molecule has 0 saturated carbocycles. The number of piperidine rings is 1. The highest BCUT2D eigenvalue weighted by Gasteiger charge is 2.28. The zero-order valence-electron chi connectivity index (χ0n) is 15.8. The fraction of sp³-hybridized carbons (Fsp3) is 0.667. The van der Waals surface area contributed by atoms with E-state index in [9.17, 15) is 4.39 Å². The Morgan fingerprint density at radius 2 is 1.81 bits per heavy atom. The van der Waals surface area contributed by atoms with Gasteiger partial charge >= 0.3 is 0 Å². The molecule has 146 valence electrons. The van der Waals surface area contributed by atoms with Crippen LogP contribution in [0.25, 0.3) is 0 Å². The summed E-state index contributed by atoms with van der Waals surface area (Å²) in [5.74, 6) is 2.53. The van der Waals surface area contributed by atoms with E-state index in [1.54, 1.807) is 0 Å². The average molecular weight is 376 g/mol. The summed E-state index contributed by atoms with van der Waals surface area (Å²) in [6.07, 6.45) is 3.03. The Balaban J connectivity index is 1.43. The fourth-order valence-electron chi connectivity index (χ4n) is 3.47. The number of hydrogen-bond acceptors (Lipinski definition) is 8. The largest absolute Gasteiger partial charge is 0.378 e. The normalized spacial score (nSPS) is 19.1. The van der Waals surface area contributed by atoms with Crippen molar-refractivity contribution in [2.24, 2.45) is 0 Å². The number of hydrogen-bond donors (Lipinski definition) is 0. The molecule has 0 N–H and O–H groups in total. The number of nitrogens with zero attached hydrogens (tertiary/aromatic N) is 6. The van der Waals surface area contributed by atoms with Crippen LogP contribution in [-0.4, -0.2) is 59.5 Å². The van der Waals surface area contributed by atoms with E-state index in [0.717, 1.165) is 31.8 Å². The lowest BCUT2D eigenvalue weighted by Gasteiger charge is -2.32. The Morgan fingerprint density at radius 3 is 2.48 bits per heavy atom. The second-order valence-corrected chi connectivity index (χ2v) is 7.35.